The lowest BCUT2D eigenvalue weighted by molar-refractivity contribution is 0.584. The summed E-state index contributed by atoms with van der Waals surface area (Å²) in [5.74, 6) is 0.00931. The van der Waals surface area contributed by atoms with Crippen LogP contribution >= 0.6 is 11.3 Å². The highest BCUT2D eigenvalue weighted by molar-refractivity contribution is 7.89. The number of nitrogen functional groups attached to an aromatic ring is 1. The van der Waals surface area contributed by atoms with Crippen LogP contribution in [0.1, 0.15) is 6.92 Å². The van der Waals surface area contributed by atoms with Crippen LogP contribution in [0.25, 0.3) is 10.2 Å². The van der Waals surface area contributed by atoms with E-state index in [1.54, 1.807) is 12.4 Å². The van der Waals surface area contributed by atoms with E-state index >= 15 is 0 Å². The predicted octanol–water partition coefficient (Wildman–Crippen LogP) is 1.23. The summed E-state index contributed by atoms with van der Waals surface area (Å²) in [6.45, 7) is 2.45. The second-order valence-electron chi connectivity index (χ2n) is 3.97. The molecule has 0 aliphatic rings. The van der Waals surface area contributed by atoms with Crippen LogP contribution in [-0.2, 0) is 10.0 Å². The first-order valence-electron chi connectivity index (χ1n) is 5.86. The van der Waals surface area contributed by atoms with Crippen molar-refractivity contribution in [1.82, 2.24) is 9.71 Å². The molecule has 0 unspecified atom stereocenters. The van der Waals surface area contributed by atoms with Crippen molar-refractivity contribution >= 4 is 43.0 Å². The maximum Gasteiger partial charge on any atom is 0.213 e. The quantitative estimate of drug-likeness (QED) is 0.697. The Morgan fingerprint density at radius 3 is 2.95 bits per heavy atom. The third-order valence-corrected chi connectivity index (χ3v) is 4.86. The summed E-state index contributed by atoms with van der Waals surface area (Å²) in [6.07, 6.45) is 0. The molecule has 0 fully saturated rings. The summed E-state index contributed by atoms with van der Waals surface area (Å²) in [5.41, 5.74) is 9.75. The molecule has 6 nitrogen and oxygen atoms in total. The Balaban J connectivity index is 2.04. The van der Waals surface area contributed by atoms with E-state index in [2.05, 4.69) is 15.0 Å². The van der Waals surface area contributed by atoms with Gasteiger partial charge in [0.2, 0.25) is 10.0 Å². The number of nitrogens with one attached hydrogen (secondary N) is 2. The van der Waals surface area contributed by atoms with Crippen molar-refractivity contribution in [3.63, 3.8) is 0 Å². The Morgan fingerprint density at radius 1 is 1.42 bits per heavy atom. The largest absolute Gasteiger partial charge is 0.395 e. The Hall–Kier alpha value is -1.38. The maximum atomic E-state index is 11.5. The molecule has 0 bridgehead atoms. The SMILES string of the molecule is CCNS(=O)(=O)CCNc1ccc2scnc2c1N. The standard InChI is InChI=1S/C11H16N4O2S2/c1-2-15-19(16,17)6-5-13-8-3-4-9-11(10(8)12)14-7-18-9/h3-4,7,13,15H,2,5-6,12H2,1H3. The van der Waals surface area contributed by atoms with Gasteiger partial charge >= 0.3 is 0 Å². The second kappa shape index (κ2) is 5.72. The molecule has 19 heavy (non-hydrogen) atoms. The normalized spacial score (nSPS) is 11.8. The molecule has 0 aliphatic carbocycles. The van der Waals surface area contributed by atoms with Gasteiger partial charge in [-0.2, -0.15) is 0 Å². The average molecular weight is 300 g/mol. The lowest BCUT2D eigenvalue weighted by Crippen LogP contribution is -2.29. The van der Waals surface area contributed by atoms with Crippen molar-refractivity contribution in [3.05, 3.63) is 17.6 Å². The number of fused-ring (bicyclic) bond motifs is 1. The van der Waals surface area contributed by atoms with Gasteiger partial charge in [-0.25, -0.2) is 18.1 Å². The van der Waals surface area contributed by atoms with Crippen LogP contribution in [0, 0.1) is 0 Å². The number of benzene rings is 1. The third kappa shape index (κ3) is 3.34. The zero-order valence-corrected chi connectivity index (χ0v) is 12.1. The highest BCUT2D eigenvalue weighted by atomic mass is 32.2. The van der Waals surface area contributed by atoms with Gasteiger partial charge in [0.1, 0.15) is 5.52 Å². The highest BCUT2D eigenvalue weighted by Crippen LogP contribution is 2.29. The summed E-state index contributed by atoms with van der Waals surface area (Å²) in [4.78, 5) is 4.19. The van der Waals surface area contributed by atoms with Crippen molar-refractivity contribution < 1.29 is 8.42 Å². The zero-order chi connectivity index (χ0) is 13.9. The van der Waals surface area contributed by atoms with Crippen LogP contribution in [0.3, 0.4) is 0 Å². The van der Waals surface area contributed by atoms with Gasteiger partial charge in [-0.15, -0.1) is 11.3 Å². The first-order valence-corrected chi connectivity index (χ1v) is 8.39. The topological polar surface area (TPSA) is 97.1 Å². The number of hydrogen-bond acceptors (Lipinski definition) is 6. The first-order chi connectivity index (χ1) is 9.03. The van der Waals surface area contributed by atoms with Crippen LogP contribution in [0.4, 0.5) is 11.4 Å². The number of nitrogens with two attached hydrogens (primary N) is 1. The molecular weight excluding hydrogens is 284 g/mol. The molecule has 0 aliphatic heterocycles. The highest BCUT2D eigenvalue weighted by Gasteiger charge is 2.10. The molecule has 0 spiro atoms. The van der Waals surface area contributed by atoms with Crippen LogP contribution in [0.15, 0.2) is 17.6 Å². The van der Waals surface area contributed by atoms with Crippen LogP contribution in [0.5, 0.6) is 0 Å². The summed E-state index contributed by atoms with van der Waals surface area (Å²) < 4.78 is 26.4. The molecule has 4 N–H and O–H groups in total. The van der Waals surface area contributed by atoms with Crippen molar-refractivity contribution in [1.29, 1.82) is 0 Å². The number of hydrogen-bond donors (Lipinski definition) is 3. The molecule has 0 atom stereocenters. The Kier molecular flexibility index (Phi) is 4.23. The van der Waals surface area contributed by atoms with E-state index < -0.39 is 10.0 Å². The van der Waals surface area contributed by atoms with Crippen LogP contribution in [-0.4, -0.2) is 32.2 Å². The lowest BCUT2D eigenvalue weighted by atomic mass is 10.2. The number of rotatable bonds is 6. The summed E-state index contributed by atoms with van der Waals surface area (Å²) in [5, 5.41) is 3.03. The summed E-state index contributed by atoms with van der Waals surface area (Å²) in [7, 11) is -3.21. The maximum absolute atomic E-state index is 11.5. The number of anilines is 2. The molecule has 8 heteroatoms. The number of thiazole rings is 1. The monoisotopic (exact) mass is 300 g/mol. The molecule has 104 valence electrons. The van der Waals surface area contributed by atoms with E-state index in [4.69, 9.17) is 5.73 Å². The number of nitrogens with zero attached hydrogens (tertiary/aromatic N) is 1. The van der Waals surface area contributed by atoms with E-state index in [1.165, 1.54) is 11.3 Å². The zero-order valence-electron chi connectivity index (χ0n) is 10.5. The molecule has 1 aromatic carbocycles. The van der Waals surface area contributed by atoms with E-state index in [1.807, 2.05) is 12.1 Å². The second-order valence-corrected chi connectivity index (χ2v) is 6.78. The predicted molar refractivity (Wildman–Crippen MR) is 80.0 cm³/mol. The number of sulfonamides is 1. The van der Waals surface area contributed by atoms with Crippen molar-refractivity contribution in [2.45, 2.75) is 6.92 Å². The van der Waals surface area contributed by atoms with Gasteiger partial charge in [-0.1, -0.05) is 6.92 Å². The van der Waals surface area contributed by atoms with E-state index in [0.717, 1.165) is 10.2 Å². The van der Waals surface area contributed by atoms with Gasteiger partial charge in [-0.3, -0.25) is 0 Å². The van der Waals surface area contributed by atoms with Gasteiger partial charge < -0.3 is 11.1 Å². The fraction of sp³-hybridized carbons (Fsp3) is 0.364. The van der Waals surface area contributed by atoms with Gasteiger partial charge in [-0.05, 0) is 12.1 Å². The fourth-order valence-corrected chi connectivity index (χ4v) is 3.37. The molecule has 0 saturated carbocycles. The van der Waals surface area contributed by atoms with Crippen LogP contribution < -0.4 is 15.8 Å². The molecule has 0 amide bonds. The molecular formula is C11H16N4O2S2. The van der Waals surface area contributed by atoms with E-state index in [9.17, 15) is 8.42 Å². The molecule has 0 saturated heterocycles. The molecule has 2 aromatic rings. The van der Waals surface area contributed by atoms with E-state index in [0.29, 0.717) is 24.5 Å². The molecule has 0 radical (unpaired) electrons. The van der Waals surface area contributed by atoms with Crippen LogP contribution in [0.2, 0.25) is 0 Å². The average Bonchev–Trinajstić information content (AvgIpc) is 2.81. The minimum Gasteiger partial charge on any atom is -0.395 e. The van der Waals surface area contributed by atoms with Crippen molar-refractivity contribution in [3.8, 4) is 0 Å². The number of aromatic nitrogens is 1. The Morgan fingerprint density at radius 2 is 2.21 bits per heavy atom. The van der Waals surface area contributed by atoms with Gasteiger partial charge in [0.05, 0.1) is 27.3 Å². The first kappa shape index (κ1) is 14.0. The minimum absolute atomic E-state index is 0.00931. The van der Waals surface area contributed by atoms with Crippen molar-refractivity contribution in [2.24, 2.45) is 0 Å². The van der Waals surface area contributed by atoms with Crippen molar-refractivity contribution in [2.75, 3.05) is 29.9 Å². The minimum atomic E-state index is -3.21. The third-order valence-electron chi connectivity index (χ3n) is 2.59. The molecule has 2 rings (SSSR count). The summed E-state index contributed by atoms with van der Waals surface area (Å²) in [6, 6.07) is 3.76. The molecule has 1 aromatic heterocycles. The Bertz CT molecular complexity index is 666. The fourth-order valence-electron chi connectivity index (χ4n) is 1.72. The Labute approximate surface area is 116 Å². The smallest absolute Gasteiger partial charge is 0.213 e. The van der Waals surface area contributed by atoms with Gasteiger partial charge in [0.25, 0.3) is 0 Å². The van der Waals surface area contributed by atoms with E-state index in [-0.39, 0.29) is 5.75 Å². The molecule has 1 heterocycles. The van der Waals surface area contributed by atoms with Gasteiger partial charge in [0.15, 0.2) is 0 Å². The lowest BCUT2D eigenvalue weighted by Gasteiger charge is -2.10. The summed E-state index contributed by atoms with van der Waals surface area (Å²) >= 11 is 1.52. The van der Waals surface area contributed by atoms with Gasteiger partial charge in [0, 0.05) is 13.1 Å².